The Morgan fingerprint density at radius 2 is 2.20 bits per heavy atom. The van der Waals surface area contributed by atoms with Gasteiger partial charge >= 0.3 is 0 Å². The maximum absolute atomic E-state index is 10.1. The number of aliphatic hydroxyl groups excluding tert-OH is 1. The van der Waals surface area contributed by atoms with Gasteiger partial charge in [0, 0.05) is 25.6 Å². The highest BCUT2D eigenvalue weighted by molar-refractivity contribution is 5.29. The first-order chi connectivity index (χ1) is 7.18. The van der Waals surface area contributed by atoms with Crippen molar-refractivity contribution in [3.05, 3.63) is 47.5 Å². The quantitative estimate of drug-likeness (QED) is 0.798. The molecule has 15 heavy (non-hydrogen) atoms. The van der Waals surface area contributed by atoms with E-state index in [1.165, 1.54) is 0 Å². The van der Waals surface area contributed by atoms with Crippen LogP contribution in [0.2, 0.25) is 0 Å². The summed E-state index contributed by atoms with van der Waals surface area (Å²) < 4.78 is 1.68. The van der Waals surface area contributed by atoms with Crippen LogP contribution in [0.4, 0.5) is 0 Å². The van der Waals surface area contributed by atoms with Gasteiger partial charge in [-0.3, -0.25) is 9.67 Å². The van der Waals surface area contributed by atoms with E-state index < -0.39 is 6.10 Å². The highest BCUT2D eigenvalue weighted by Gasteiger charge is 2.14. The van der Waals surface area contributed by atoms with Crippen LogP contribution in [0.5, 0.6) is 0 Å². The lowest BCUT2D eigenvalue weighted by atomic mass is 10.0. The van der Waals surface area contributed by atoms with Crippen molar-refractivity contribution >= 4 is 0 Å². The molecule has 4 heteroatoms. The van der Waals surface area contributed by atoms with Crippen LogP contribution in [0.15, 0.2) is 30.7 Å². The molecule has 0 aromatic carbocycles. The third kappa shape index (κ3) is 1.89. The van der Waals surface area contributed by atoms with E-state index in [1.54, 1.807) is 17.1 Å². The molecule has 0 aliphatic heterocycles. The number of hydrogen-bond donors (Lipinski definition) is 1. The second-order valence-corrected chi connectivity index (χ2v) is 3.55. The standard InChI is InChI=1S/C11H13N3O/c1-8-7-12-5-3-9(8)11(15)10-4-6-14(2)13-10/h3-7,11,15H,1-2H3. The molecule has 0 fully saturated rings. The van der Waals surface area contributed by atoms with Crippen LogP contribution in [-0.2, 0) is 7.05 Å². The molecule has 0 aliphatic rings. The fourth-order valence-corrected chi connectivity index (χ4v) is 1.53. The van der Waals surface area contributed by atoms with Crippen molar-refractivity contribution in [2.24, 2.45) is 7.05 Å². The lowest BCUT2D eigenvalue weighted by Gasteiger charge is -2.10. The molecule has 0 aliphatic carbocycles. The third-order valence-corrected chi connectivity index (χ3v) is 2.37. The fourth-order valence-electron chi connectivity index (χ4n) is 1.53. The monoisotopic (exact) mass is 203 g/mol. The molecule has 0 saturated carbocycles. The van der Waals surface area contributed by atoms with Gasteiger partial charge in [-0.15, -0.1) is 0 Å². The average molecular weight is 203 g/mol. The van der Waals surface area contributed by atoms with Gasteiger partial charge in [0.15, 0.2) is 0 Å². The van der Waals surface area contributed by atoms with E-state index in [2.05, 4.69) is 10.1 Å². The molecular weight excluding hydrogens is 190 g/mol. The van der Waals surface area contributed by atoms with Crippen LogP contribution in [0, 0.1) is 6.92 Å². The topological polar surface area (TPSA) is 50.9 Å². The van der Waals surface area contributed by atoms with Gasteiger partial charge in [-0.1, -0.05) is 0 Å². The molecule has 0 saturated heterocycles. The molecule has 0 radical (unpaired) electrons. The molecule has 4 nitrogen and oxygen atoms in total. The predicted molar refractivity (Wildman–Crippen MR) is 56.2 cm³/mol. The summed E-state index contributed by atoms with van der Waals surface area (Å²) in [5.41, 5.74) is 2.48. The Morgan fingerprint density at radius 3 is 2.80 bits per heavy atom. The molecule has 2 rings (SSSR count). The number of nitrogens with zero attached hydrogens (tertiary/aromatic N) is 3. The summed E-state index contributed by atoms with van der Waals surface area (Å²) >= 11 is 0. The summed E-state index contributed by atoms with van der Waals surface area (Å²) in [6, 6.07) is 3.62. The van der Waals surface area contributed by atoms with Crippen LogP contribution in [-0.4, -0.2) is 19.9 Å². The zero-order valence-corrected chi connectivity index (χ0v) is 8.75. The minimum absolute atomic E-state index is 0.659. The predicted octanol–water partition coefficient (Wildman–Crippen LogP) is 1.21. The number of rotatable bonds is 2. The van der Waals surface area contributed by atoms with Gasteiger partial charge in [-0.05, 0) is 30.2 Å². The molecule has 2 aromatic heterocycles. The highest BCUT2D eigenvalue weighted by atomic mass is 16.3. The molecule has 1 unspecified atom stereocenters. The van der Waals surface area contributed by atoms with E-state index in [-0.39, 0.29) is 0 Å². The lowest BCUT2D eigenvalue weighted by molar-refractivity contribution is 0.213. The first-order valence-electron chi connectivity index (χ1n) is 4.76. The number of aryl methyl sites for hydroxylation is 2. The summed E-state index contributed by atoms with van der Waals surface area (Å²) in [4.78, 5) is 3.99. The Bertz CT molecular complexity index is 464. The van der Waals surface area contributed by atoms with E-state index in [0.29, 0.717) is 5.69 Å². The third-order valence-electron chi connectivity index (χ3n) is 2.37. The van der Waals surface area contributed by atoms with Gasteiger partial charge in [-0.25, -0.2) is 0 Å². The van der Waals surface area contributed by atoms with E-state index >= 15 is 0 Å². The smallest absolute Gasteiger partial charge is 0.123 e. The number of pyridine rings is 1. The molecule has 78 valence electrons. The Kier molecular flexibility index (Phi) is 2.51. The second kappa shape index (κ2) is 3.82. The van der Waals surface area contributed by atoms with Gasteiger partial charge < -0.3 is 5.11 Å². The summed E-state index contributed by atoms with van der Waals surface area (Å²) in [5.74, 6) is 0. The lowest BCUT2D eigenvalue weighted by Crippen LogP contribution is -2.04. The molecular formula is C11H13N3O. The van der Waals surface area contributed by atoms with Crippen LogP contribution in [0.3, 0.4) is 0 Å². The van der Waals surface area contributed by atoms with Crippen molar-refractivity contribution in [3.63, 3.8) is 0 Å². The highest BCUT2D eigenvalue weighted by Crippen LogP contribution is 2.22. The van der Waals surface area contributed by atoms with Gasteiger partial charge in [0.25, 0.3) is 0 Å². The maximum atomic E-state index is 10.1. The first-order valence-corrected chi connectivity index (χ1v) is 4.76. The largest absolute Gasteiger partial charge is 0.382 e. The van der Waals surface area contributed by atoms with E-state index in [1.807, 2.05) is 32.3 Å². The van der Waals surface area contributed by atoms with Gasteiger partial charge in [-0.2, -0.15) is 5.10 Å². The minimum atomic E-state index is -0.672. The van der Waals surface area contributed by atoms with Crippen molar-refractivity contribution in [2.75, 3.05) is 0 Å². The average Bonchev–Trinajstić information content (AvgIpc) is 2.65. The normalized spacial score (nSPS) is 12.7. The Hall–Kier alpha value is -1.68. The maximum Gasteiger partial charge on any atom is 0.123 e. The van der Waals surface area contributed by atoms with E-state index in [9.17, 15) is 5.11 Å². The Labute approximate surface area is 88.2 Å². The van der Waals surface area contributed by atoms with Gasteiger partial charge in [0.1, 0.15) is 6.10 Å². The van der Waals surface area contributed by atoms with Crippen LogP contribution < -0.4 is 0 Å². The number of aromatic nitrogens is 3. The minimum Gasteiger partial charge on any atom is -0.382 e. The summed E-state index contributed by atoms with van der Waals surface area (Å²) in [5, 5.41) is 14.3. The molecule has 0 bridgehead atoms. The Balaban J connectivity index is 2.36. The van der Waals surface area contributed by atoms with Crippen molar-refractivity contribution in [3.8, 4) is 0 Å². The SMILES string of the molecule is Cc1cnccc1C(O)c1ccn(C)n1. The van der Waals surface area contributed by atoms with Crippen molar-refractivity contribution in [2.45, 2.75) is 13.0 Å². The van der Waals surface area contributed by atoms with Crippen molar-refractivity contribution in [1.82, 2.24) is 14.8 Å². The summed E-state index contributed by atoms with van der Waals surface area (Å²) in [7, 11) is 1.83. The van der Waals surface area contributed by atoms with Gasteiger partial charge in [0.05, 0.1) is 5.69 Å². The van der Waals surface area contributed by atoms with Crippen LogP contribution in [0.25, 0.3) is 0 Å². The van der Waals surface area contributed by atoms with Gasteiger partial charge in [0.2, 0.25) is 0 Å². The van der Waals surface area contributed by atoms with E-state index in [4.69, 9.17) is 0 Å². The first kappa shape index (κ1) is 9.86. The number of aliphatic hydroxyl groups is 1. The molecule has 1 atom stereocenters. The van der Waals surface area contributed by atoms with Crippen molar-refractivity contribution in [1.29, 1.82) is 0 Å². The fraction of sp³-hybridized carbons (Fsp3) is 0.273. The molecule has 1 N–H and O–H groups in total. The molecule has 0 amide bonds. The van der Waals surface area contributed by atoms with E-state index in [0.717, 1.165) is 11.1 Å². The zero-order valence-electron chi connectivity index (χ0n) is 8.75. The summed E-state index contributed by atoms with van der Waals surface area (Å²) in [6.07, 6.45) is 4.56. The zero-order chi connectivity index (χ0) is 10.8. The van der Waals surface area contributed by atoms with Crippen LogP contribution >= 0.6 is 0 Å². The summed E-state index contributed by atoms with van der Waals surface area (Å²) in [6.45, 7) is 1.93. The molecule has 2 heterocycles. The Morgan fingerprint density at radius 1 is 1.40 bits per heavy atom. The molecule has 2 aromatic rings. The molecule has 0 spiro atoms. The van der Waals surface area contributed by atoms with Crippen LogP contribution in [0.1, 0.15) is 22.9 Å². The van der Waals surface area contributed by atoms with Crippen molar-refractivity contribution < 1.29 is 5.11 Å². The number of hydrogen-bond acceptors (Lipinski definition) is 3. The second-order valence-electron chi connectivity index (χ2n) is 3.55.